The Kier molecular flexibility index (Phi) is 4.18. The number of hydrogen-bond acceptors (Lipinski definition) is 3. The highest BCUT2D eigenvalue weighted by Gasteiger charge is 2.04. The zero-order valence-corrected chi connectivity index (χ0v) is 11.1. The zero-order valence-electron chi connectivity index (χ0n) is 11.1. The van der Waals surface area contributed by atoms with Crippen molar-refractivity contribution in [2.24, 2.45) is 0 Å². The van der Waals surface area contributed by atoms with Crippen LogP contribution in [-0.2, 0) is 11.3 Å². The van der Waals surface area contributed by atoms with E-state index in [1.165, 1.54) is 12.7 Å². The van der Waals surface area contributed by atoms with Gasteiger partial charge in [-0.3, -0.25) is 0 Å². The fraction of sp³-hybridized carbons (Fsp3) is 0.188. The molecule has 3 nitrogen and oxygen atoms in total. The summed E-state index contributed by atoms with van der Waals surface area (Å²) in [5.41, 5.74) is 4.01. The van der Waals surface area contributed by atoms with Crippen LogP contribution in [0.4, 0.5) is 5.69 Å². The van der Waals surface area contributed by atoms with E-state index in [9.17, 15) is 4.79 Å². The molecule has 0 atom stereocenters. The third kappa shape index (κ3) is 3.58. The van der Waals surface area contributed by atoms with Crippen LogP contribution in [0.15, 0.2) is 48.5 Å². The van der Waals surface area contributed by atoms with Gasteiger partial charge in [0.15, 0.2) is 0 Å². The minimum absolute atomic E-state index is 0.307. The van der Waals surface area contributed by atoms with Crippen molar-refractivity contribution in [2.75, 3.05) is 12.4 Å². The molecule has 0 radical (unpaired) electrons. The molecule has 2 rings (SSSR count). The lowest BCUT2D eigenvalue weighted by atomic mass is 10.1. The van der Waals surface area contributed by atoms with Crippen LogP contribution < -0.4 is 5.32 Å². The lowest BCUT2D eigenvalue weighted by Crippen LogP contribution is -2.03. The monoisotopic (exact) mass is 255 g/mol. The minimum Gasteiger partial charge on any atom is -0.465 e. The standard InChI is InChI=1S/C16H17NO2/c1-12-4-3-5-15(10-12)17-11-13-6-8-14(9-7-13)16(18)19-2/h3-10,17H,11H2,1-2H3. The second kappa shape index (κ2) is 6.05. The first-order chi connectivity index (χ1) is 9.19. The van der Waals surface area contributed by atoms with Gasteiger partial charge >= 0.3 is 5.97 Å². The summed E-state index contributed by atoms with van der Waals surface area (Å²) in [5, 5.41) is 3.35. The van der Waals surface area contributed by atoms with E-state index in [1.807, 2.05) is 24.3 Å². The summed E-state index contributed by atoms with van der Waals surface area (Å²) in [6.45, 7) is 2.79. The molecule has 0 unspecified atom stereocenters. The van der Waals surface area contributed by atoms with Gasteiger partial charge in [0.1, 0.15) is 0 Å². The summed E-state index contributed by atoms with van der Waals surface area (Å²) in [4.78, 5) is 11.3. The summed E-state index contributed by atoms with van der Waals surface area (Å²) >= 11 is 0. The van der Waals surface area contributed by atoms with Gasteiger partial charge in [-0.25, -0.2) is 4.79 Å². The highest BCUT2D eigenvalue weighted by Crippen LogP contribution is 2.12. The Morgan fingerprint density at radius 1 is 1.16 bits per heavy atom. The topological polar surface area (TPSA) is 38.3 Å². The van der Waals surface area contributed by atoms with Gasteiger partial charge in [-0.1, -0.05) is 24.3 Å². The molecular formula is C16H17NO2. The number of benzene rings is 2. The normalized spacial score (nSPS) is 10.0. The summed E-state index contributed by atoms with van der Waals surface area (Å²) in [6.07, 6.45) is 0. The second-order valence-corrected chi connectivity index (χ2v) is 4.41. The van der Waals surface area contributed by atoms with Gasteiger partial charge in [-0.2, -0.15) is 0 Å². The van der Waals surface area contributed by atoms with Gasteiger partial charge in [0.25, 0.3) is 0 Å². The van der Waals surface area contributed by atoms with Crippen molar-refractivity contribution in [3.05, 3.63) is 65.2 Å². The number of rotatable bonds is 4. The number of esters is 1. The molecule has 0 amide bonds. The van der Waals surface area contributed by atoms with Crippen molar-refractivity contribution < 1.29 is 9.53 Å². The number of aryl methyl sites for hydroxylation is 1. The third-order valence-corrected chi connectivity index (χ3v) is 2.89. The predicted molar refractivity (Wildman–Crippen MR) is 76.3 cm³/mol. The highest BCUT2D eigenvalue weighted by atomic mass is 16.5. The van der Waals surface area contributed by atoms with Gasteiger partial charge in [0.2, 0.25) is 0 Å². The zero-order chi connectivity index (χ0) is 13.7. The van der Waals surface area contributed by atoms with Crippen molar-refractivity contribution >= 4 is 11.7 Å². The van der Waals surface area contributed by atoms with E-state index in [1.54, 1.807) is 12.1 Å². The molecule has 0 spiro atoms. The first kappa shape index (κ1) is 13.1. The van der Waals surface area contributed by atoms with Crippen molar-refractivity contribution in [3.63, 3.8) is 0 Å². The first-order valence-electron chi connectivity index (χ1n) is 6.17. The molecule has 0 bridgehead atoms. The number of carbonyl (C=O) groups excluding carboxylic acids is 1. The van der Waals surface area contributed by atoms with Gasteiger partial charge in [0.05, 0.1) is 12.7 Å². The number of anilines is 1. The maximum absolute atomic E-state index is 11.3. The Bertz CT molecular complexity index is 561. The Morgan fingerprint density at radius 2 is 1.89 bits per heavy atom. The van der Waals surface area contributed by atoms with Crippen LogP contribution in [0.25, 0.3) is 0 Å². The third-order valence-electron chi connectivity index (χ3n) is 2.89. The van der Waals surface area contributed by atoms with E-state index in [0.717, 1.165) is 17.8 Å². The van der Waals surface area contributed by atoms with E-state index in [-0.39, 0.29) is 5.97 Å². The predicted octanol–water partition coefficient (Wildman–Crippen LogP) is 3.39. The van der Waals surface area contributed by atoms with Crippen molar-refractivity contribution in [2.45, 2.75) is 13.5 Å². The summed E-state index contributed by atoms with van der Waals surface area (Å²) < 4.78 is 4.66. The molecular weight excluding hydrogens is 238 g/mol. The van der Waals surface area contributed by atoms with Crippen LogP contribution >= 0.6 is 0 Å². The number of methoxy groups -OCH3 is 1. The van der Waals surface area contributed by atoms with Gasteiger partial charge in [0, 0.05) is 12.2 Å². The molecule has 0 saturated carbocycles. The van der Waals surface area contributed by atoms with E-state index < -0.39 is 0 Å². The van der Waals surface area contributed by atoms with Crippen molar-refractivity contribution in [1.29, 1.82) is 0 Å². The number of hydrogen-bond donors (Lipinski definition) is 1. The SMILES string of the molecule is COC(=O)c1ccc(CNc2cccc(C)c2)cc1. The molecule has 0 aliphatic heterocycles. The van der Waals surface area contributed by atoms with Crippen LogP contribution in [0.1, 0.15) is 21.5 Å². The van der Waals surface area contributed by atoms with Crippen LogP contribution in [-0.4, -0.2) is 13.1 Å². The molecule has 0 aromatic heterocycles. The molecule has 19 heavy (non-hydrogen) atoms. The average molecular weight is 255 g/mol. The number of carbonyl (C=O) groups is 1. The lowest BCUT2D eigenvalue weighted by molar-refractivity contribution is 0.0600. The van der Waals surface area contributed by atoms with Crippen LogP contribution in [0.5, 0.6) is 0 Å². The van der Waals surface area contributed by atoms with E-state index >= 15 is 0 Å². The minimum atomic E-state index is -0.307. The van der Waals surface area contributed by atoms with E-state index in [2.05, 4.69) is 29.1 Å². The Labute approximate surface area is 113 Å². The number of nitrogens with one attached hydrogen (secondary N) is 1. The quantitative estimate of drug-likeness (QED) is 0.851. The van der Waals surface area contributed by atoms with Crippen molar-refractivity contribution in [3.8, 4) is 0 Å². The molecule has 2 aromatic carbocycles. The maximum Gasteiger partial charge on any atom is 0.337 e. The molecule has 0 fully saturated rings. The first-order valence-corrected chi connectivity index (χ1v) is 6.17. The summed E-state index contributed by atoms with van der Waals surface area (Å²) in [5.74, 6) is -0.307. The molecule has 3 heteroatoms. The van der Waals surface area contributed by atoms with Crippen LogP contribution in [0.3, 0.4) is 0 Å². The average Bonchev–Trinajstić information content (AvgIpc) is 2.45. The summed E-state index contributed by atoms with van der Waals surface area (Å²) in [7, 11) is 1.38. The maximum atomic E-state index is 11.3. The Hall–Kier alpha value is -2.29. The van der Waals surface area contributed by atoms with Crippen LogP contribution in [0, 0.1) is 6.92 Å². The van der Waals surface area contributed by atoms with Crippen LogP contribution in [0.2, 0.25) is 0 Å². The molecule has 0 aliphatic carbocycles. The fourth-order valence-corrected chi connectivity index (χ4v) is 1.84. The van der Waals surface area contributed by atoms with Gasteiger partial charge in [-0.05, 0) is 42.3 Å². The van der Waals surface area contributed by atoms with Gasteiger partial charge < -0.3 is 10.1 Å². The van der Waals surface area contributed by atoms with E-state index in [4.69, 9.17) is 0 Å². The molecule has 0 saturated heterocycles. The van der Waals surface area contributed by atoms with Crippen molar-refractivity contribution in [1.82, 2.24) is 0 Å². The lowest BCUT2D eigenvalue weighted by Gasteiger charge is -2.07. The van der Waals surface area contributed by atoms with Gasteiger partial charge in [-0.15, -0.1) is 0 Å². The second-order valence-electron chi connectivity index (χ2n) is 4.41. The largest absolute Gasteiger partial charge is 0.465 e. The summed E-state index contributed by atoms with van der Waals surface area (Å²) in [6, 6.07) is 15.6. The Balaban J connectivity index is 1.98. The smallest absolute Gasteiger partial charge is 0.337 e. The molecule has 1 N–H and O–H groups in total. The fourth-order valence-electron chi connectivity index (χ4n) is 1.84. The molecule has 0 aliphatic rings. The number of ether oxygens (including phenoxy) is 1. The highest BCUT2D eigenvalue weighted by molar-refractivity contribution is 5.89. The molecule has 2 aromatic rings. The molecule has 0 heterocycles. The molecule has 98 valence electrons. The Morgan fingerprint density at radius 3 is 2.53 bits per heavy atom. The van der Waals surface area contributed by atoms with E-state index in [0.29, 0.717) is 5.56 Å².